The number of benzene rings is 1. The van der Waals surface area contributed by atoms with Gasteiger partial charge in [0.05, 0.1) is 11.6 Å². The Labute approximate surface area is 122 Å². The van der Waals surface area contributed by atoms with E-state index in [-0.39, 0.29) is 18.7 Å². The standard InChI is InChI=1S/C14H16ClN3O2/c15-12-6-10(8-16)5-11(7-12)9-20-14(19)18-3-1-13(17)2-4-18/h5-7,13H,1-4,9,17H2. The van der Waals surface area contributed by atoms with Gasteiger partial charge in [0.15, 0.2) is 0 Å². The van der Waals surface area contributed by atoms with Crippen molar-refractivity contribution in [1.29, 1.82) is 5.26 Å². The van der Waals surface area contributed by atoms with Crippen LogP contribution in [0, 0.1) is 11.3 Å². The number of hydrogen-bond acceptors (Lipinski definition) is 4. The Morgan fingerprint density at radius 3 is 2.80 bits per heavy atom. The number of rotatable bonds is 2. The SMILES string of the molecule is N#Cc1cc(Cl)cc(COC(=O)N2CCC(N)CC2)c1. The van der Waals surface area contributed by atoms with Crippen molar-refractivity contribution in [3.8, 4) is 6.07 Å². The minimum atomic E-state index is -0.351. The zero-order valence-electron chi connectivity index (χ0n) is 11.0. The molecule has 1 aromatic rings. The first-order chi connectivity index (χ1) is 9.58. The number of halogens is 1. The average Bonchev–Trinajstić information content (AvgIpc) is 2.45. The molecule has 6 heteroatoms. The second kappa shape index (κ2) is 6.60. The summed E-state index contributed by atoms with van der Waals surface area (Å²) in [6, 6.07) is 7.09. The highest BCUT2D eigenvalue weighted by Crippen LogP contribution is 2.16. The molecule has 0 aromatic heterocycles. The van der Waals surface area contributed by atoms with Crippen molar-refractivity contribution in [3.63, 3.8) is 0 Å². The summed E-state index contributed by atoms with van der Waals surface area (Å²) in [6.45, 7) is 1.36. The van der Waals surface area contributed by atoms with E-state index in [1.807, 2.05) is 6.07 Å². The van der Waals surface area contributed by atoms with Crippen molar-refractivity contribution < 1.29 is 9.53 Å². The molecule has 2 N–H and O–H groups in total. The van der Waals surface area contributed by atoms with Gasteiger partial charge < -0.3 is 15.4 Å². The first-order valence-electron chi connectivity index (χ1n) is 6.45. The largest absolute Gasteiger partial charge is 0.445 e. The van der Waals surface area contributed by atoms with Crippen LogP contribution in [0.4, 0.5) is 4.79 Å². The number of likely N-dealkylation sites (tertiary alicyclic amines) is 1. The van der Waals surface area contributed by atoms with E-state index in [0.29, 0.717) is 29.2 Å². The van der Waals surface area contributed by atoms with Crippen LogP contribution in [0.1, 0.15) is 24.0 Å². The fourth-order valence-electron chi connectivity index (χ4n) is 2.12. The van der Waals surface area contributed by atoms with Gasteiger partial charge in [-0.1, -0.05) is 11.6 Å². The van der Waals surface area contributed by atoms with Gasteiger partial charge in [-0.3, -0.25) is 0 Å². The molecule has 0 spiro atoms. The van der Waals surface area contributed by atoms with Crippen LogP contribution in [-0.2, 0) is 11.3 Å². The van der Waals surface area contributed by atoms with E-state index in [1.165, 1.54) is 0 Å². The molecule has 20 heavy (non-hydrogen) atoms. The van der Waals surface area contributed by atoms with E-state index in [4.69, 9.17) is 27.3 Å². The molecule has 106 valence electrons. The number of nitrogens with zero attached hydrogens (tertiary/aromatic N) is 2. The Morgan fingerprint density at radius 1 is 1.45 bits per heavy atom. The van der Waals surface area contributed by atoms with Crippen LogP contribution in [0.15, 0.2) is 18.2 Å². The number of carbonyl (C=O) groups excluding carboxylic acids is 1. The molecular formula is C14H16ClN3O2. The Hall–Kier alpha value is -1.77. The fourth-order valence-corrected chi connectivity index (χ4v) is 2.37. The lowest BCUT2D eigenvalue weighted by Gasteiger charge is -2.29. The van der Waals surface area contributed by atoms with E-state index in [9.17, 15) is 4.79 Å². The molecule has 0 aliphatic carbocycles. The number of ether oxygens (including phenoxy) is 1. The highest BCUT2D eigenvalue weighted by Gasteiger charge is 2.21. The number of amides is 1. The van der Waals surface area contributed by atoms with Gasteiger partial charge in [0.25, 0.3) is 0 Å². The molecule has 0 saturated carbocycles. The number of hydrogen-bond donors (Lipinski definition) is 1. The number of piperidine rings is 1. The summed E-state index contributed by atoms with van der Waals surface area (Å²) in [5.74, 6) is 0. The Morgan fingerprint density at radius 2 is 2.15 bits per heavy atom. The molecule has 0 radical (unpaired) electrons. The smallest absolute Gasteiger partial charge is 0.410 e. The highest BCUT2D eigenvalue weighted by atomic mass is 35.5. The quantitative estimate of drug-likeness (QED) is 0.907. The molecule has 0 bridgehead atoms. The summed E-state index contributed by atoms with van der Waals surface area (Å²) in [6.07, 6.45) is 1.24. The normalized spacial score (nSPS) is 15.8. The van der Waals surface area contributed by atoms with Crippen LogP contribution in [0.25, 0.3) is 0 Å². The second-order valence-corrected chi connectivity index (χ2v) is 5.28. The minimum Gasteiger partial charge on any atom is -0.445 e. The zero-order valence-corrected chi connectivity index (χ0v) is 11.8. The third-order valence-corrected chi connectivity index (χ3v) is 3.47. The predicted octanol–water partition coefficient (Wildman–Crippen LogP) is 2.27. The molecule has 1 saturated heterocycles. The molecule has 1 amide bonds. The Kier molecular flexibility index (Phi) is 4.83. The van der Waals surface area contributed by atoms with Crippen LogP contribution in [0.2, 0.25) is 5.02 Å². The number of carbonyl (C=O) groups is 1. The third-order valence-electron chi connectivity index (χ3n) is 3.25. The summed E-state index contributed by atoms with van der Waals surface area (Å²) in [4.78, 5) is 13.5. The van der Waals surface area contributed by atoms with Crippen LogP contribution in [0.3, 0.4) is 0 Å². The summed E-state index contributed by atoms with van der Waals surface area (Å²) in [5.41, 5.74) is 6.94. The van der Waals surface area contributed by atoms with Crippen molar-refractivity contribution in [2.45, 2.75) is 25.5 Å². The molecule has 1 aliphatic rings. The van der Waals surface area contributed by atoms with Crippen molar-refractivity contribution in [2.75, 3.05) is 13.1 Å². The molecule has 1 heterocycles. The van der Waals surface area contributed by atoms with E-state index < -0.39 is 0 Å². The van der Waals surface area contributed by atoms with Crippen LogP contribution in [0.5, 0.6) is 0 Å². The fraction of sp³-hybridized carbons (Fsp3) is 0.429. The Balaban J connectivity index is 1.90. The monoisotopic (exact) mass is 293 g/mol. The van der Waals surface area contributed by atoms with E-state index in [1.54, 1.807) is 23.1 Å². The maximum atomic E-state index is 11.9. The molecule has 0 unspecified atom stereocenters. The second-order valence-electron chi connectivity index (χ2n) is 4.84. The lowest BCUT2D eigenvalue weighted by Crippen LogP contribution is -2.43. The van der Waals surface area contributed by atoms with Crippen molar-refractivity contribution in [2.24, 2.45) is 5.73 Å². The van der Waals surface area contributed by atoms with Crippen molar-refractivity contribution >= 4 is 17.7 Å². The minimum absolute atomic E-state index is 0.108. The maximum Gasteiger partial charge on any atom is 0.410 e. The zero-order chi connectivity index (χ0) is 14.5. The molecule has 0 atom stereocenters. The van der Waals surface area contributed by atoms with Gasteiger partial charge in [-0.2, -0.15) is 5.26 Å². The maximum absolute atomic E-state index is 11.9. The molecule has 5 nitrogen and oxygen atoms in total. The van der Waals surface area contributed by atoms with E-state index in [2.05, 4.69) is 0 Å². The first kappa shape index (κ1) is 14.6. The lowest BCUT2D eigenvalue weighted by atomic mass is 10.1. The van der Waals surface area contributed by atoms with Crippen LogP contribution >= 0.6 is 11.6 Å². The van der Waals surface area contributed by atoms with Crippen molar-refractivity contribution in [3.05, 3.63) is 34.3 Å². The highest BCUT2D eigenvalue weighted by molar-refractivity contribution is 6.30. The van der Waals surface area contributed by atoms with Gasteiger partial charge >= 0.3 is 6.09 Å². The van der Waals surface area contributed by atoms with Gasteiger partial charge in [-0.25, -0.2) is 4.79 Å². The summed E-state index contributed by atoms with van der Waals surface area (Å²) in [5, 5.41) is 9.31. The molecule has 1 fully saturated rings. The summed E-state index contributed by atoms with van der Waals surface area (Å²) >= 11 is 5.89. The Bertz CT molecular complexity index is 534. The predicted molar refractivity (Wildman–Crippen MR) is 75.1 cm³/mol. The lowest BCUT2D eigenvalue weighted by molar-refractivity contribution is 0.0873. The van der Waals surface area contributed by atoms with Gasteiger partial charge in [0.1, 0.15) is 6.61 Å². The number of nitriles is 1. The van der Waals surface area contributed by atoms with Gasteiger partial charge in [-0.05, 0) is 36.6 Å². The summed E-state index contributed by atoms with van der Waals surface area (Å²) in [7, 11) is 0. The van der Waals surface area contributed by atoms with Crippen molar-refractivity contribution in [1.82, 2.24) is 4.90 Å². The van der Waals surface area contributed by atoms with E-state index in [0.717, 1.165) is 12.8 Å². The topological polar surface area (TPSA) is 79.3 Å². The average molecular weight is 294 g/mol. The van der Waals surface area contributed by atoms with Gasteiger partial charge in [0.2, 0.25) is 0 Å². The molecule has 1 aliphatic heterocycles. The third kappa shape index (κ3) is 3.86. The number of nitrogens with two attached hydrogens (primary N) is 1. The molecule has 1 aromatic carbocycles. The molecular weight excluding hydrogens is 278 g/mol. The summed E-state index contributed by atoms with van der Waals surface area (Å²) < 4.78 is 5.24. The first-order valence-corrected chi connectivity index (χ1v) is 6.83. The molecule has 2 rings (SSSR count). The van der Waals surface area contributed by atoms with Crippen LogP contribution in [-0.4, -0.2) is 30.1 Å². The van der Waals surface area contributed by atoms with Crippen LogP contribution < -0.4 is 5.73 Å². The van der Waals surface area contributed by atoms with E-state index >= 15 is 0 Å². The van der Waals surface area contributed by atoms with Gasteiger partial charge in [0, 0.05) is 24.2 Å². The van der Waals surface area contributed by atoms with Gasteiger partial charge in [-0.15, -0.1) is 0 Å².